The SMILES string of the molecule is O=C1NC(=O)/C(=C/c2ccnc(CC3CCC(NCc4ccccc4-c4cccnc4)CC3)n2)S1. The van der Waals surface area contributed by atoms with Gasteiger partial charge >= 0.3 is 0 Å². The number of thioether (sulfide) groups is 1. The zero-order valence-electron chi connectivity index (χ0n) is 19.3. The van der Waals surface area contributed by atoms with Crippen molar-refractivity contribution in [3.63, 3.8) is 0 Å². The first-order chi connectivity index (χ1) is 17.1. The molecule has 3 aromatic rings. The molecule has 2 aliphatic rings. The van der Waals surface area contributed by atoms with Gasteiger partial charge in [0, 0.05) is 43.2 Å². The second-order valence-corrected chi connectivity index (χ2v) is 9.97. The fourth-order valence-corrected chi connectivity index (χ4v) is 5.38. The molecule has 1 saturated heterocycles. The Kier molecular flexibility index (Phi) is 7.30. The van der Waals surface area contributed by atoms with Gasteiger partial charge in [-0.1, -0.05) is 30.3 Å². The van der Waals surface area contributed by atoms with Crippen LogP contribution in [0.1, 0.15) is 42.8 Å². The summed E-state index contributed by atoms with van der Waals surface area (Å²) < 4.78 is 0. The molecule has 1 saturated carbocycles. The van der Waals surface area contributed by atoms with Gasteiger partial charge in [0.2, 0.25) is 0 Å². The van der Waals surface area contributed by atoms with Crippen LogP contribution in [-0.4, -0.2) is 32.1 Å². The summed E-state index contributed by atoms with van der Waals surface area (Å²) in [5.74, 6) is 0.967. The third kappa shape index (κ3) is 6.01. The molecule has 35 heavy (non-hydrogen) atoms. The number of carbonyl (C=O) groups excluding carboxylic acids is 2. The molecule has 2 N–H and O–H groups in total. The molecule has 0 spiro atoms. The fraction of sp³-hybridized carbons (Fsp3) is 0.296. The Morgan fingerprint density at radius 1 is 1.03 bits per heavy atom. The molecule has 0 unspecified atom stereocenters. The van der Waals surface area contributed by atoms with Crippen LogP contribution in [-0.2, 0) is 17.8 Å². The van der Waals surface area contributed by atoms with E-state index in [1.807, 2.05) is 12.3 Å². The van der Waals surface area contributed by atoms with Gasteiger partial charge in [-0.05, 0) is 72.7 Å². The van der Waals surface area contributed by atoms with Crippen LogP contribution in [0.3, 0.4) is 0 Å². The van der Waals surface area contributed by atoms with Crippen molar-refractivity contribution >= 4 is 29.0 Å². The molecule has 2 aromatic heterocycles. The normalized spacial score (nSPS) is 21.3. The number of imide groups is 1. The second-order valence-electron chi connectivity index (χ2n) is 8.95. The average molecular weight is 486 g/mol. The third-order valence-corrected chi connectivity index (χ3v) is 7.35. The van der Waals surface area contributed by atoms with Crippen molar-refractivity contribution in [2.75, 3.05) is 0 Å². The van der Waals surface area contributed by atoms with Gasteiger partial charge in [-0.15, -0.1) is 0 Å². The van der Waals surface area contributed by atoms with Crippen LogP contribution in [0, 0.1) is 5.92 Å². The summed E-state index contributed by atoms with van der Waals surface area (Å²) in [6.07, 6.45) is 12.4. The first-order valence-electron chi connectivity index (χ1n) is 11.9. The fourth-order valence-electron chi connectivity index (χ4n) is 4.71. The minimum atomic E-state index is -0.367. The Balaban J connectivity index is 1.14. The van der Waals surface area contributed by atoms with E-state index in [1.54, 1.807) is 24.5 Å². The number of aromatic nitrogens is 3. The maximum Gasteiger partial charge on any atom is 0.290 e. The molecule has 1 aliphatic heterocycles. The summed E-state index contributed by atoms with van der Waals surface area (Å²) >= 11 is 0.904. The van der Waals surface area contributed by atoms with Crippen molar-refractivity contribution in [1.29, 1.82) is 0 Å². The Labute approximate surface area is 208 Å². The second kappa shape index (κ2) is 10.9. The number of nitrogens with one attached hydrogen (secondary N) is 2. The monoisotopic (exact) mass is 485 g/mol. The van der Waals surface area contributed by atoms with E-state index in [0.717, 1.165) is 61.8 Å². The number of rotatable bonds is 7. The topological polar surface area (TPSA) is 96.9 Å². The highest BCUT2D eigenvalue weighted by atomic mass is 32.2. The molecule has 5 rings (SSSR count). The molecular formula is C27H27N5O2S. The quantitative estimate of drug-likeness (QED) is 0.466. The standard InChI is InChI=1S/C27H27N5O2S/c33-26-24(35-27(34)32-26)15-22-11-13-29-25(31-22)14-18-7-9-21(10-8-18)30-17-20-4-1-2-6-23(20)19-5-3-12-28-16-19/h1-6,11-13,15-16,18,21,30H,7-10,14,17H2,(H,32,33,34)/b24-15-. The highest BCUT2D eigenvalue weighted by Crippen LogP contribution is 2.29. The summed E-state index contributed by atoms with van der Waals surface area (Å²) in [6.45, 7) is 0.842. The number of amides is 2. The molecule has 2 amide bonds. The van der Waals surface area contributed by atoms with E-state index in [0.29, 0.717) is 22.6 Å². The van der Waals surface area contributed by atoms with E-state index in [4.69, 9.17) is 0 Å². The number of hydrogen-bond donors (Lipinski definition) is 2. The van der Waals surface area contributed by atoms with Crippen molar-refractivity contribution in [3.05, 3.63) is 83.0 Å². The van der Waals surface area contributed by atoms with Crippen LogP contribution in [0.5, 0.6) is 0 Å². The van der Waals surface area contributed by atoms with E-state index in [9.17, 15) is 9.59 Å². The van der Waals surface area contributed by atoms with Crippen molar-refractivity contribution in [2.24, 2.45) is 5.92 Å². The van der Waals surface area contributed by atoms with Gasteiger partial charge in [-0.3, -0.25) is 19.9 Å². The van der Waals surface area contributed by atoms with Crippen LogP contribution in [0.15, 0.2) is 66.0 Å². The predicted octanol–water partition coefficient (Wildman–Crippen LogP) is 4.75. The summed E-state index contributed by atoms with van der Waals surface area (Å²) in [5, 5.41) is 5.68. The average Bonchev–Trinajstić information content (AvgIpc) is 3.20. The number of carbonyl (C=O) groups is 2. The number of nitrogens with zero attached hydrogens (tertiary/aromatic N) is 3. The molecule has 8 heteroatoms. The number of hydrogen-bond acceptors (Lipinski definition) is 7. The molecule has 178 valence electrons. The van der Waals surface area contributed by atoms with Gasteiger partial charge in [0.25, 0.3) is 11.1 Å². The third-order valence-electron chi connectivity index (χ3n) is 6.54. The first kappa shape index (κ1) is 23.4. The molecule has 0 radical (unpaired) electrons. The lowest BCUT2D eigenvalue weighted by atomic mass is 9.84. The number of pyridine rings is 1. The Hall–Kier alpha value is -3.36. The zero-order valence-corrected chi connectivity index (χ0v) is 20.1. The highest BCUT2D eigenvalue weighted by molar-refractivity contribution is 8.18. The summed E-state index contributed by atoms with van der Waals surface area (Å²) in [5.41, 5.74) is 4.32. The number of benzene rings is 1. The van der Waals surface area contributed by atoms with Crippen LogP contribution in [0.4, 0.5) is 4.79 Å². The molecule has 3 heterocycles. The Bertz CT molecular complexity index is 1240. The Morgan fingerprint density at radius 2 is 1.89 bits per heavy atom. The molecule has 0 bridgehead atoms. The lowest BCUT2D eigenvalue weighted by molar-refractivity contribution is -0.115. The van der Waals surface area contributed by atoms with Gasteiger partial charge in [-0.2, -0.15) is 0 Å². The van der Waals surface area contributed by atoms with Crippen molar-refractivity contribution in [3.8, 4) is 11.1 Å². The van der Waals surface area contributed by atoms with E-state index in [2.05, 4.69) is 55.9 Å². The van der Waals surface area contributed by atoms with Gasteiger partial charge in [-0.25, -0.2) is 9.97 Å². The summed E-state index contributed by atoms with van der Waals surface area (Å²) in [4.78, 5) is 36.8. The molecule has 7 nitrogen and oxygen atoms in total. The van der Waals surface area contributed by atoms with E-state index >= 15 is 0 Å². The van der Waals surface area contributed by atoms with Crippen LogP contribution < -0.4 is 10.6 Å². The zero-order chi connectivity index (χ0) is 24.0. The van der Waals surface area contributed by atoms with Crippen molar-refractivity contribution in [1.82, 2.24) is 25.6 Å². The lowest BCUT2D eigenvalue weighted by Gasteiger charge is -2.29. The summed E-state index contributed by atoms with van der Waals surface area (Å²) in [7, 11) is 0. The van der Waals surface area contributed by atoms with E-state index < -0.39 is 0 Å². The van der Waals surface area contributed by atoms with Crippen LogP contribution in [0.2, 0.25) is 0 Å². The van der Waals surface area contributed by atoms with Crippen molar-refractivity contribution < 1.29 is 9.59 Å². The molecule has 0 atom stereocenters. The largest absolute Gasteiger partial charge is 0.310 e. The lowest BCUT2D eigenvalue weighted by Crippen LogP contribution is -2.33. The summed E-state index contributed by atoms with van der Waals surface area (Å²) in [6, 6.07) is 14.8. The van der Waals surface area contributed by atoms with Gasteiger partial charge < -0.3 is 5.32 Å². The molecule has 1 aliphatic carbocycles. The molecule has 2 fully saturated rings. The van der Waals surface area contributed by atoms with Crippen LogP contribution >= 0.6 is 11.8 Å². The van der Waals surface area contributed by atoms with Crippen molar-refractivity contribution in [2.45, 2.75) is 44.7 Å². The van der Waals surface area contributed by atoms with Gasteiger partial charge in [0.05, 0.1) is 10.6 Å². The minimum Gasteiger partial charge on any atom is -0.310 e. The highest BCUT2D eigenvalue weighted by Gasteiger charge is 2.25. The Morgan fingerprint density at radius 3 is 2.66 bits per heavy atom. The van der Waals surface area contributed by atoms with Crippen LogP contribution in [0.25, 0.3) is 17.2 Å². The molecular weight excluding hydrogens is 458 g/mol. The first-order valence-corrected chi connectivity index (χ1v) is 12.7. The van der Waals surface area contributed by atoms with Gasteiger partial charge in [0.1, 0.15) is 5.82 Å². The van der Waals surface area contributed by atoms with E-state index in [1.165, 1.54) is 11.1 Å². The maximum atomic E-state index is 11.8. The minimum absolute atomic E-state index is 0.346. The maximum absolute atomic E-state index is 11.8. The van der Waals surface area contributed by atoms with E-state index in [-0.39, 0.29) is 11.1 Å². The van der Waals surface area contributed by atoms with Gasteiger partial charge in [0.15, 0.2) is 0 Å². The predicted molar refractivity (Wildman–Crippen MR) is 137 cm³/mol. The molecule has 1 aromatic carbocycles. The smallest absolute Gasteiger partial charge is 0.290 e.